The number of methoxy groups -OCH3 is 1. The fourth-order valence-corrected chi connectivity index (χ4v) is 2.03. The number of nitrogens with one attached hydrogen (secondary N) is 1. The van der Waals surface area contributed by atoms with Gasteiger partial charge >= 0.3 is 0 Å². The van der Waals surface area contributed by atoms with Crippen molar-refractivity contribution in [3.63, 3.8) is 0 Å². The molecule has 0 saturated carbocycles. The molecule has 0 amide bonds. The third kappa shape index (κ3) is 2.72. The van der Waals surface area contributed by atoms with E-state index in [9.17, 15) is 4.79 Å². The number of pyridine rings is 1. The first-order chi connectivity index (χ1) is 8.58. The largest absolute Gasteiger partial charge is 0.481 e. The van der Waals surface area contributed by atoms with Crippen LogP contribution >= 0.6 is 11.8 Å². The number of anilines is 2. The van der Waals surface area contributed by atoms with E-state index in [0.717, 1.165) is 11.8 Å². The predicted octanol–water partition coefficient (Wildman–Crippen LogP) is 0.489. The van der Waals surface area contributed by atoms with Gasteiger partial charge in [0.15, 0.2) is 5.16 Å². The summed E-state index contributed by atoms with van der Waals surface area (Å²) in [6.45, 7) is 0. The Bertz CT molecular complexity index is 628. The summed E-state index contributed by atoms with van der Waals surface area (Å²) >= 11 is 1.11. The Kier molecular flexibility index (Phi) is 3.38. The van der Waals surface area contributed by atoms with Gasteiger partial charge in [0.25, 0.3) is 5.56 Å². The molecule has 0 spiro atoms. The van der Waals surface area contributed by atoms with E-state index in [-0.39, 0.29) is 11.4 Å². The maximum absolute atomic E-state index is 11.2. The van der Waals surface area contributed by atoms with Crippen LogP contribution < -0.4 is 21.8 Å². The summed E-state index contributed by atoms with van der Waals surface area (Å²) in [5.74, 6) is 0.570. The molecule has 7 nitrogen and oxygen atoms in total. The van der Waals surface area contributed by atoms with Gasteiger partial charge < -0.3 is 21.2 Å². The Morgan fingerprint density at radius 2 is 2.11 bits per heavy atom. The molecule has 5 N–H and O–H groups in total. The van der Waals surface area contributed by atoms with Gasteiger partial charge in [-0.2, -0.15) is 0 Å². The van der Waals surface area contributed by atoms with E-state index in [4.69, 9.17) is 16.2 Å². The normalized spacial score (nSPS) is 10.3. The zero-order valence-electron chi connectivity index (χ0n) is 9.51. The molecule has 0 unspecified atom stereocenters. The maximum Gasteiger partial charge on any atom is 0.253 e. The Morgan fingerprint density at radius 3 is 2.78 bits per heavy atom. The molecule has 0 aliphatic carbocycles. The lowest BCUT2D eigenvalue weighted by atomic mass is 10.4. The lowest BCUT2D eigenvalue weighted by Gasteiger charge is -2.06. The highest BCUT2D eigenvalue weighted by Gasteiger charge is 2.08. The van der Waals surface area contributed by atoms with Crippen LogP contribution in [-0.4, -0.2) is 22.1 Å². The molecule has 0 radical (unpaired) electrons. The average Bonchev–Trinajstić information content (AvgIpc) is 2.30. The lowest BCUT2D eigenvalue weighted by Crippen LogP contribution is -2.09. The van der Waals surface area contributed by atoms with E-state index in [1.807, 2.05) is 0 Å². The minimum Gasteiger partial charge on any atom is -0.481 e. The van der Waals surface area contributed by atoms with Crippen molar-refractivity contribution in [2.45, 2.75) is 10.2 Å². The number of aromatic amines is 1. The summed E-state index contributed by atoms with van der Waals surface area (Å²) in [6, 6.07) is 4.51. The van der Waals surface area contributed by atoms with Crippen molar-refractivity contribution in [2.24, 2.45) is 0 Å². The van der Waals surface area contributed by atoms with Crippen LogP contribution in [0.2, 0.25) is 0 Å². The summed E-state index contributed by atoms with van der Waals surface area (Å²) in [7, 11) is 1.51. The van der Waals surface area contributed by atoms with Crippen LogP contribution in [0.1, 0.15) is 0 Å². The van der Waals surface area contributed by atoms with Gasteiger partial charge in [-0.05, 0) is 17.8 Å². The van der Waals surface area contributed by atoms with E-state index in [1.165, 1.54) is 13.2 Å². The molecule has 0 fully saturated rings. The Morgan fingerprint density at radius 1 is 1.33 bits per heavy atom. The number of aromatic nitrogens is 3. The van der Waals surface area contributed by atoms with Gasteiger partial charge in [-0.15, -0.1) is 0 Å². The monoisotopic (exact) mass is 265 g/mol. The molecule has 2 aromatic rings. The summed E-state index contributed by atoms with van der Waals surface area (Å²) < 4.78 is 5.00. The number of nitrogen functional groups attached to an aromatic ring is 2. The van der Waals surface area contributed by atoms with E-state index in [0.29, 0.717) is 21.7 Å². The van der Waals surface area contributed by atoms with Gasteiger partial charge in [0.1, 0.15) is 10.8 Å². The highest BCUT2D eigenvalue weighted by molar-refractivity contribution is 7.99. The number of rotatable bonds is 3. The average molecular weight is 265 g/mol. The van der Waals surface area contributed by atoms with Gasteiger partial charge in [0, 0.05) is 12.1 Å². The Labute approximate surface area is 107 Å². The van der Waals surface area contributed by atoms with Crippen LogP contribution in [-0.2, 0) is 0 Å². The van der Waals surface area contributed by atoms with Crippen molar-refractivity contribution in [1.29, 1.82) is 0 Å². The fourth-order valence-electron chi connectivity index (χ4n) is 1.22. The predicted molar refractivity (Wildman–Crippen MR) is 68.6 cm³/mol. The summed E-state index contributed by atoms with van der Waals surface area (Å²) in [5, 5.41) is 0.815. The van der Waals surface area contributed by atoms with E-state index in [1.54, 1.807) is 12.1 Å². The van der Waals surface area contributed by atoms with Gasteiger partial charge in [-0.3, -0.25) is 4.79 Å². The smallest absolute Gasteiger partial charge is 0.253 e. The lowest BCUT2D eigenvalue weighted by molar-refractivity contribution is 0.395. The minimum absolute atomic E-state index is 0.141. The molecule has 0 saturated heterocycles. The highest BCUT2D eigenvalue weighted by Crippen LogP contribution is 2.29. The second-order valence-corrected chi connectivity index (χ2v) is 4.30. The van der Waals surface area contributed by atoms with E-state index >= 15 is 0 Å². The van der Waals surface area contributed by atoms with Crippen molar-refractivity contribution in [3.05, 3.63) is 28.6 Å². The molecule has 0 atom stereocenters. The first-order valence-electron chi connectivity index (χ1n) is 4.93. The Balaban J connectivity index is 2.36. The molecule has 18 heavy (non-hydrogen) atoms. The van der Waals surface area contributed by atoms with Crippen LogP contribution in [0.3, 0.4) is 0 Å². The van der Waals surface area contributed by atoms with E-state index in [2.05, 4.69) is 15.0 Å². The van der Waals surface area contributed by atoms with Gasteiger partial charge in [0.2, 0.25) is 5.88 Å². The maximum atomic E-state index is 11.2. The number of hydrogen-bond donors (Lipinski definition) is 3. The topological polar surface area (TPSA) is 120 Å². The standard InChI is InChI=1S/C10H11N5O2S/c1-17-8-3-2-5(11)9(15-8)18-10-13-6(12)4-7(16)14-10/h2-4H,11H2,1H3,(H3,12,13,14,16). The SMILES string of the molecule is COc1ccc(N)c(Sc2nc(N)cc(=O)[nH]2)n1. The van der Waals surface area contributed by atoms with Crippen LogP contribution in [0.4, 0.5) is 11.5 Å². The molecule has 0 bridgehead atoms. The summed E-state index contributed by atoms with van der Waals surface area (Å²) in [4.78, 5) is 21.9. The van der Waals surface area contributed by atoms with Gasteiger partial charge in [-0.25, -0.2) is 9.97 Å². The second-order valence-electron chi connectivity index (χ2n) is 3.33. The van der Waals surface area contributed by atoms with Crippen molar-refractivity contribution in [2.75, 3.05) is 18.6 Å². The van der Waals surface area contributed by atoms with Crippen molar-refractivity contribution >= 4 is 23.3 Å². The third-order valence-electron chi connectivity index (χ3n) is 2.01. The molecule has 2 aromatic heterocycles. The van der Waals surface area contributed by atoms with Gasteiger partial charge in [0.05, 0.1) is 12.8 Å². The van der Waals surface area contributed by atoms with Gasteiger partial charge in [-0.1, -0.05) is 0 Å². The molecular weight excluding hydrogens is 254 g/mol. The first-order valence-corrected chi connectivity index (χ1v) is 5.75. The minimum atomic E-state index is -0.327. The van der Waals surface area contributed by atoms with Crippen molar-refractivity contribution in [1.82, 2.24) is 15.0 Å². The molecule has 94 valence electrons. The van der Waals surface area contributed by atoms with E-state index < -0.39 is 0 Å². The van der Waals surface area contributed by atoms with Crippen molar-refractivity contribution < 1.29 is 4.74 Å². The number of hydrogen-bond acceptors (Lipinski definition) is 7. The zero-order chi connectivity index (χ0) is 13.1. The zero-order valence-corrected chi connectivity index (χ0v) is 10.3. The quantitative estimate of drug-likeness (QED) is 0.690. The number of nitrogens with two attached hydrogens (primary N) is 2. The number of nitrogens with zero attached hydrogens (tertiary/aromatic N) is 2. The fraction of sp³-hybridized carbons (Fsp3) is 0.100. The number of H-pyrrole nitrogens is 1. The molecule has 0 aliphatic heterocycles. The molecule has 0 aliphatic rings. The summed E-state index contributed by atoms with van der Waals surface area (Å²) in [6.07, 6.45) is 0. The van der Waals surface area contributed by atoms with Crippen LogP contribution in [0, 0.1) is 0 Å². The summed E-state index contributed by atoms with van der Waals surface area (Å²) in [5.41, 5.74) is 11.4. The molecule has 2 heterocycles. The molecular formula is C10H11N5O2S. The second kappa shape index (κ2) is 4.96. The first kappa shape index (κ1) is 12.2. The third-order valence-corrected chi connectivity index (χ3v) is 2.91. The molecule has 0 aromatic carbocycles. The number of ether oxygens (including phenoxy) is 1. The Hall–Kier alpha value is -2.22. The molecule has 8 heteroatoms. The van der Waals surface area contributed by atoms with Crippen LogP contribution in [0.15, 0.2) is 33.2 Å². The molecule has 2 rings (SSSR count). The van der Waals surface area contributed by atoms with Crippen LogP contribution in [0.5, 0.6) is 5.88 Å². The van der Waals surface area contributed by atoms with Crippen LogP contribution in [0.25, 0.3) is 0 Å². The van der Waals surface area contributed by atoms with Crippen molar-refractivity contribution in [3.8, 4) is 5.88 Å². The highest BCUT2D eigenvalue weighted by atomic mass is 32.2.